The molecule has 6 heteroatoms. The molecule has 0 bridgehead atoms. The number of hydrogen-bond donors (Lipinski definition) is 1. The molecule has 1 fully saturated rings. The van der Waals surface area contributed by atoms with Crippen LogP contribution in [0.25, 0.3) is 10.8 Å². The molecule has 3 aromatic rings. The maximum Gasteiger partial charge on any atom is 0.326 e. The monoisotopic (exact) mass is 379 g/mol. The van der Waals surface area contributed by atoms with Gasteiger partial charge in [-0.3, -0.25) is 9.69 Å². The van der Waals surface area contributed by atoms with E-state index in [9.17, 15) is 9.59 Å². The van der Waals surface area contributed by atoms with Crippen LogP contribution in [0.4, 0.5) is 4.79 Å². The van der Waals surface area contributed by atoms with Crippen LogP contribution < -0.4 is 5.32 Å². The van der Waals surface area contributed by atoms with Crippen LogP contribution in [0.5, 0.6) is 0 Å². The summed E-state index contributed by atoms with van der Waals surface area (Å²) in [5.41, 5.74) is 0.916. The second-order valence-corrected chi connectivity index (χ2v) is 7.92. The minimum atomic E-state index is -1.05. The van der Waals surface area contributed by atoms with Crippen molar-refractivity contribution >= 4 is 34.0 Å². The molecule has 0 saturated carbocycles. The molecular weight excluding hydrogens is 358 g/mol. The average Bonchev–Trinajstić information content (AvgIpc) is 3.24. The third-order valence-electron chi connectivity index (χ3n) is 5.02. The van der Waals surface area contributed by atoms with E-state index in [1.165, 1.54) is 10.5 Å². The predicted molar refractivity (Wildman–Crippen MR) is 107 cm³/mol. The molecule has 0 unspecified atom stereocenters. The molecule has 1 aliphatic rings. The number of carbonyl (C=O) groups excluding carboxylic acids is 2. The van der Waals surface area contributed by atoms with Crippen molar-refractivity contribution in [1.29, 1.82) is 0 Å². The van der Waals surface area contributed by atoms with Crippen molar-refractivity contribution in [2.24, 2.45) is 0 Å². The Hall–Kier alpha value is -2.70. The number of nitrogens with one attached hydrogen (secondary N) is 1. The number of amides is 3. The van der Waals surface area contributed by atoms with Gasteiger partial charge in [-0.25, -0.2) is 9.69 Å². The average molecular weight is 379 g/mol. The summed E-state index contributed by atoms with van der Waals surface area (Å²) in [7, 11) is 1.91. The Morgan fingerprint density at radius 3 is 2.63 bits per heavy atom. The van der Waals surface area contributed by atoms with Crippen molar-refractivity contribution in [1.82, 2.24) is 15.1 Å². The highest BCUT2D eigenvalue weighted by atomic mass is 32.1. The molecule has 1 aliphatic heterocycles. The van der Waals surface area contributed by atoms with Gasteiger partial charge in [0.05, 0.1) is 6.67 Å². The van der Waals surface area contributed by atoms with Crippen LogP contribution in [0.3, 0.4) is 0 Å². The number of carbonyl (C=O) groups is 2. The Bertz CT molecular complexity index is 1000. The molecular formula is C21H21N3O2S. The zero-order valence-corrected chi connectivity index (χ0v) is 16.1. The van der Waals surface area contributed by atoms with E-state index >= 15 is 0 Å². The van der Waals surface area contributed by atoms with Gasteiger partial charge < -0.3 is 5.32 Å². The maximum absolute atomic E-state index is 13.1. The highest BCUT2D eigenvalue weighted by molar-refractivity contribution is 7.07. The number of hydrogen-bond acceptors (Lipinski definition) is 4. The molecule has 0 spiro atoms. The van der Waals surface area contributed by atoms with E-state index in [4.69, 9.17) is 0 Å². The summed E-state index contributed by atoms with van der Waals surface area (Å²) in [4.78, 5) is 28.9. The molecule has 4 rings (SSSR count). The van der Waals surface area contributed by atoms with Gasteiger partial charge in [-0.15, -0.1) is 0 Å². The minimum Gasteiger partial charge on any atom is -0.319 e. The van der Waals surface area contributed by atoms with E-state index in [1.807, 2.05) is 65.9 Å². The first-order valence-electron chi connectivity index (χ1n) is 8.80. The molecule has 2 heterocycles. The largest absolute Gasteiger partial charge is 0.326 e. The lowest BCUT2D eigenvalue weighted by Gasteiger charge is -2.25. The van der Waals surface area contributed by atoms with Crippen LogP contribution in [0, 0.1) is 0 Å². The zero-order chi connectivity index (χ0) is 19.0. The highest BCUT2D eigenvalue weighted by Gasteiger charge is 2.49. The summed E-state index contributed by atoms with van der Waals surface area (Å²) in [6.45, 7) is 2.72. The number of imide groups is 1. The summed E-state index contributed by atoms with van der Waals surface area (Å²) in [6.07, 6.45) is 0. The van der Waals surface area contributed by atoms with E-state index in [2.05, 4.69) is 10.7 Å². The predicted octanol–water partition coefficient (Wildman–Crippen LogP) is 3.76. The van der Waals surface area contributed by atoms with E-state index in [1.54, 1.807) is 18.3 Å². The van der Waals surface area contributed by atoms with Crippen LogP contribution in [0.2, 0.25) is 0 Å². The van der Waals surface area contributed by atoms with Gasteiger partial charge in [0, 0.05) is 6.54 Å². The fraction of sp³-hybridized carbons (Fsp3) is 0.238. The quantitative estimate of drug-likeness (QED) is 0.687. The third kappa shape index (κ3) is 3.22. The molecule has 27 heavy (non-hydrogen) atoms. The standard InChI is InChI=1S/C21H21N3O2S/c1-21(18-8-7-16-5-3-4-6-17(16)11-18)19(25)24(20(26)22-21)14-23(2)12-15-9-10-27-13-15/h3-11,13H,12,14H2,1-2H3,(H,22,26)/t21-/m1/s1. The van der Waals surface area contributed by atoms with Crippen molar-refractivity contribution in [2.45, 2.75) is 19.0 Å². The summed E-state index contributed by atoms with van der Waals surface area (Å²) < 4.78 is 0. The van der Waals surface area contributed by atoms with Crippen molar-refractivity contribution in [3.05, 3.63) is 70.4 Å². The number of thiophene rings is 1. The van der Waals surface area contributed by atoms with Gasteiger partial charge in [-0.1, -0.05) is 36.4 Å². The van der Waals surface area contributed by atoms with Gasteiger partial charge >= 0.3 is 6.03 Å². The second-order valence-electron chi connectivity index (χ2n) is 7.14. The van der Waals surface area contributed by atoms with Crippen molar-refractivity contribution in [3.63, 3.8) is 0 Å². The molecule has 1 N–H and O–H groups in total. The summed E-state index contributed by atoms with van der Waals surface area (Å²) in [6, 6.07) is 15.6. The molecule has 0 aliphatic carbocycles. The lowest BCUT2D eigenvalue weighted by molar-refractivity contribution is -0.132. The molecule has 2 aromatic carbocycles. The molecule has 1 saturated heterocycles. The Balaban J connectivity index is 1.56. The van der Waals surface area contributed by atoms with Crippen LogP contribution in [0.15, 0.2) is 59.3 Å². The van der Waals surface area contributed by atoms with Crippen LogP contribution in [-0.2, 0) is 16.9 Å². The number of fused-ring (bicyclic) bond motifs is 1. The Labute approximate surface area is 162 Å². The summed E-state index contributed by atoms with van der Waals surface area (Å²) in [5, 5.41) is 9.13. The van der Waals surface area contributed by atoms with E-state index in [0.717, 1.165) is 16.3 Å². The fourth-order valence-corrected chi connectivity index (χ4v) is 4.17. The van der Waals surface area contributed by atoms with Gasteiger partial charge in [0.25, 0.3) is 5.91 Å². The van der Waals surface area contributed by atoms with E-state index in [0.29, 0.717) is 6.54 Å². The van der Waals surface area contributed by atoms with Crippen molar-refractivity contribution in [3.8, 4) is 0 Å². The number of nitrogens with zero attached hydrogens (tertiary/aromatic N) is 2. The molecule has 5 nitrogen and oxygen atoms in total. The van der Waals surface area contributed by atoms with Crippen molar-refractivity contribution < 1.29 is 9.59 Å². The Morgan fingerprint density at radius 1 is 1.11 bits per heavy atom. The fourth-order valence-electron chi connectivity index (χ4n) is 3.51. The Kier molecular flexibility index (Phi) is 4.45. The highest BCUT2D eigenvalue weighted by Crippen LogP contribution is 2.31. The topological polar surface area (TPSA) is 52.6 Å². The first-order valence-corrected chi connectivity index (χ1v) is 9.75. The molecule has 0 radical (unpaired) electrons. The summed E-state index contributed by atoms with van der Waals surface area (Å²) >= 11 is 1.64. The lowest BCUT2D eigenvalue weighted by atomic mass is 9.90. The van der Waals surface area contributed by atoms with Crippen LogP contribution in [-0.4, -0.2) is 35.5 Å². The molecule has 1 aromatic heterocycles. The van der Waals surface area contributed by atoms with Crippen LogP contribution >= 0.6 is 11.3 Å². The first-order chi connectivity index (χ1) is 13.0. The lowest BCUT2D eigenvalue weighted by Crippen LogP contribution is -2.42. The van der Waals surface area contributed by atoms with E-state index < -0.39 is 5.54 Å². The van der Waals surface area contributed by atoms with Gasteiger partial charge in [0.1, 0.15) is 5.54 Å². The number of benzene rings is 2. The summed E-state index contributed by atoms with van der Waals surface area (Å²) in [5.74, 6) is -0.222. The normalized spacial score (nSPS) is 19.9. The van der Waals surface area contributed by atoms with Gasteiger partial charge in [0.15, 0.2) is 0 Å². The van der Waals surface area contributed by atoms with E-state index in [-0.39, 0.29) is 18.6 Å². The smallest absolute Gasteiger partial charge is 0.319 e. The maximum atomic E-state index is 13.1. The van der Waals surface area contributed by atoms with Gasteiger partial charge in [-0.05, 0) is 58.8 Å². The molecule has 138 valence electrons. The van der Waals surface area contributed by atoms with Gasteiger partial charge in [0.2, 0.25) is 0 Å². The zero-order valence-electron chi connectivity index (χ0n) is 15.3. The third-order valence-corrected chi connectivity index (χ3v) is 5.75. The van der Waals surface area contributed by atoms with Crippen LogP contribution in [0.1, 0.15) is 18.1 Å². The molecule has 3 amide bonds. The van der Waals surface area contributed by atoms with Gasteiger partial charge in [-0.2, -0.15) is 11.3 Å². The Morgan fingerprint density at radius 2 is 1.89 bits per heavy atom. The SMILES string of the molecule is CN(Cc1ccsc1)CN1C(=O)N[C@](C)(c2ccc3ccccc3c2)C1=O. The molecule has 1 atom stereocenters. The second kappa shape index (κ2) is 6.79. The first kappa shape index (κ1) is 17.7. The minimum absolute atomic E-state index is 0.222. The number of urea groups is 1. The van der Waals surface area contributed by atoms with Crippen molar-refractivity contribution in [2.75, 3.05) is 13.7 Å². The number of rotatable bonds is 5.